The van der Waals surface area contributed by atoms with Crippen LogP contribution in [0.25, 0.3) is 0 Å². The number of carbonyl (C=O) groups excluding carboxylic acids is 1. The van der Waals surface area contributed by atoms with Crippen molar-refractivity contribution in [3.8, 4) is 11.8 Å². The van der Waals surface area contributed by atoms with E-state index in [1.54, 1.807) is 23.2 Å². The van der Waals surface area contributed by atoms with Gasteiger partial charge in [-0.15, -0.1) is 0 Å². The van der Waals surface area contributed by atoms with Gasteiger partial charge < -0.3 is 15.7 Å². The molecule has 1 aromatic rings. The number of carbonyl (C=O) groups is 1. The Morgan fingerprint density at radius 2 is 2.14 bits per heavy atom. The fourth-order valence-corrected chi connectivity index (χ4v) is 2.18. The highest BCUT2D eigenvalue weighted by atomic mass is 16.3. The second-order valence-electron chi connectivity index (χ2n) is 4.63. The fourth-order valence-electron chi connectivity index (χ4n) is 2.18. The van der Waals surface area contributed by atoms with Crippen LogP contribution in [0.1, 0.15) is 42.7 Å². The Morgan fingerprint density at radius 1 is 1.43 bits per heavy atom. The molecule has 1 heterocycles. The van der Waals surface area contributed by atoms with Gasteiger partial charge in [0.05, 0.1) is 13.2 Å². The topological polar surface area (TPSA) is 79.5 Å². The highest BCUT2D eigenvalue weighted by molar-refractivity contribution is 5.92. The van der Waals surface area contributed by atoms with Gasteiger partial charge in [0.1, 0.15) is 5.69 Å². The summed E-state index contributed by atoms with van der Waals surface area (Å²) >= 11 is 0. The molecule has 0 aliphatic carbocycles. The molecule has 114 valence electrons. The average molecular weight is 289 g/mol. The molecule has 1 aromatic heterocycles. The molecule has 5 heteroatoms. The molecule has 1 amide bonds. The number of aromatic nitrogens is 1. The summed E-state index contributed by atoms with van der Waals surface area (Å²) in [5.74, 6) is 5.45. The van der Waals surface area contributed by atoms with E-state index in [4.69, 9.17) is 10.8 Å². The van der Waals surface area contributed by atoms with Gasteiger partial charge in [-0.25, -0.2) is 4.98 Å². The van der Waals surface area contributed by atoms with Gasteiger partial charge in [-0.05, 0) is 25.0 Å². The summed E-state index contributed by atoms with van der Waals surface area (Å²) < 4.78 is 0. The lowest BCUT2D eigenvalue weighted by molar-refractivity contribution is 0.0616. The third-order valence-electron chi connectivity index (χ3n) is 3.30. The van der Waals surface area contributed by atoms with Crippen LogP contribution in [0.5, 0.6) is 0 Å². The van der Waals surface area contributed by atoms with E-state index in [0.717, 1.165) is 18.4 Å². The molecule has 21 heavy (non-hydrogen) atoms. The Bertz CT molecular complexity index is 498. The number of aliphatic hydroxyl groups is 1. The van der Waals surface area contributed by atoms with Gasteiger partial charge in [0.25, 0.3) is 5.91 Å². The molecular formula is C16H23N3O2. The average Bonchev–Trinajstić information content (AvgIpc) is 2.53. The van der Waals surface area contributed by atoms with Crippen molar-refractivity contribution in [2.45, 2.75) is 32.7 Å². The predicted molar refractivity (Wildman–Crippen MR) is 82.7 cm³/mol. The van der Waals surface area contributed by atoms with E-state index in [1.165, 1.54) is 0 Å². The molecule has 0 saturated heterocycles. The number of aliphatic hydroxyl groups excluding tert-OH is 1. The molecule has 0 unspecified atom stereocenters. The Morgan fingerprint density at radius 3 is 2.62 bits per heavy atom. The summed E-state index contributed by atoms with van der Waals surface area (Å²) in [6, 6.07) is 3.53. The molecule has 3 N–H and O–H groups in total. The Balaban J connectivity index is 2.93. The molecule has 0 atom stereocenters. The van der Waals surface area contributed by atoms with E-state index in [1.807, 2.05) is 13.8 Å². The summed E-state index contributed by atoms with van der Waals surface area (Å²) in [6.07, 6.45) is 3.27. The lowest BCUT2D eigenvalue weighted by atomic mass is 10.1. The summed E-state index contributed by atoms with van der Waals surface area (Å²) in [5, 5.41) is 9.17. The van der Waals surface area contributed by atoms with Crippen LogP contribution in [0.4, 0.5) is 0 Å². The SMILES string of the molecule is CCC(CC)N(CCO)C(=O)c1ccc(C#CCN)cn1. The van der Waals surface area contributed by atoms with Crippen molar-refractivity contribution >= 4 is 5.91 Å². The van der Waals surface area contributed by atoms with Crippen LogP contribution < -0.4 is 5.73 Å². The molecule has 0 spiro atoms. The van der Waals surface area contributed by atoms with Gasteiger partial charge in [-0.3, -0.25) is 4.79 Å². The highest BCUT2D eigenvalue weighted by Crippen LogP contribution is 2.12. The molecule has 0 aliphatic heterocycles. The lowest BCUT2D eigenvalue weighted by Crippen LogP contribution is -2.41. The van der Waals surface area contributed by atoms with Crippen LogP contribution in [-0.4, -0.2) is 46.6 Å². The van der Waals surface area contributed by atoms with Gasteiger partial charge in [0.2, 0.25) is 0 Å². The van der Waals surface area contributed by atoms with E-state index in [9.17, 15) is 4.79 Å². The standard InChI is InChI=1S/C16H23N3O2/c1-3-14(4-2)19(10-11-20)16(21)15-8-7-13(12-18-15)6-5-9-17/h7-8,12,14,20H,3-4,9-11,17H2,1-2H3. The third-order valence-corrected chi connectivity index (χ3v) is 3.30. The van der Waals surface area contributed by atoms with Crippen molar-refractivity contribution in [2.24, 2.45) is 5.73 Å². The number of hydrogen-bond donors (Lipinski definition) is 2. The molecule has 0 radical (unpaired) electrons. The first-order valence-electron chi connectivity index (χ1n) is 7.24. The van der Waals surface area contributed by atoms with Crippen molar-refractivity contribution in [2.75, 3.05) is 19.7 Å². The Labute approximate surface area is 126 Å². The predicted octanol–water partition coefficient (Wildman–Crippen LogP) is 1.01. The van der Waals surface area contributed by atoms with Crippen LogP contribution in [-0.2, 0) is 0 Å². The van der Waals surface area contributed by atoms with Crippen LogP contribution in [0, 0.1) is 11.8 Å². The largest absolute Gasteiger partial charge is 0.395 e. The summed E-state index contributed by atoms with van der Waals surface area (Å²) in [4.78, 5) is 18.4. The zero-order chi connectivity index (χ0) is 15.7. The molecule has 0 aromatic carbocycles. The van der Waals surface area contributed by atoms with E-state index in [2.05, 4.69) is 16.8 Å². The van der Waals surface area contributed by atoms with Crippen LogP contribution >= 0.6 is 0 Å². The van der Waals surface area contributed by atoms with Gasteiger partial charge in [0.15, 0.2) is 0 Å². The lowest BCUT2D eigenvalue weighted by Gasteiger charge is -2.29. The first-order chi connectivity index (χ1) is 10.2. The minimum Gasteiger partial charge on any atom is -0.395 e. The molecule has 0 saturated carbocycles. The second-order valence-corrected chi connectivity index (χ2v) is 4.63. The van der Waals surface area contributed by atoms with Crippen molar-refractivity contribution in [3.05, 3.63) is 29.6 Å². The van der Waals surface area contributed by atoms with E-state index < -0.39 is 0 Å². The molecule has 0 fully saturated rings. The number of amides is 1. The van der Waals surface area contributed by atoms with Crippen molar-refractivity contribution < 1.29 is 9.90 Å². The molecule has 1 rings (SSSR count). The zero-order valence-electron chi connectivity index (χ0n) is 12.7. The van der Waals surface area contributed by atoms with E-state index >= 15 is 0 Å². The molecule has 5 nitrogen and oxygen atoms in total. The fraction of sp³-hybridized carbons (Fsp3) is 0.500. The van der Waals surface area contributed by atoms with Gasteiger partial charge >= 0.3 is 0 Å². The van der Waals surface area contributed by atoms with Gasteiger partial charge in [0, 0.05) is 24.3 Å². The zero-order valence-corrected chi connectivity index (χ0v) is 12.7. The number of rotatable bonds is 6. The second kappa shape index (κ2) is 9.11. The normalized spacial score (nSPS) is 10.1. The monoisotopic (exact) mass is 289 g/mol. The molecular weight excluding hydrogens is 266 g/mol. The quantitative estimate of drug-likeness (QED) is 0.766. The number of pyridine rings is 1. The van der Waals surface area contributed by atoms with E-state index in [0.29, 0.717) is 18.8 Å². The van der Waals surface area contributed by atoms with Gasteiger partial charge in [-0.1, -0.05) is 25.7 Å². The Kier molecular flexibility index (Phi) is 7.44. The summed E-state index contributed by atoms with van der Waals surface area (Å²) in [6.45, 7) is 4.62. The maximum absolute atomic E-state index is 12.5. The van der Waals surface area contributed by atoms with Crippen molar-refractivity contribution in [1.29, 1.82) is 0 Å². The Hall–Kier alpha value is -1.90. The first kappa shape index (κ1) is 17.2. The van der Waals surface area contributed by atoms with Crippen LogP contribution in [0.2, 0.25) is 0 Å². The smallest absolute Gasteiger partial charge is 0.272 e. The minimum atomic E-state index is -0.156. The van der Waals surface area contributed by atoms with Crippen molar-refractivity contribution in [1.82, 2.24) is 9.88 Å². The maximum atomic E-state index is 12.5. The molecule has 0 bridgehead atoms. The van der Waals surface area contributed by atoms with Crippen LogP contribution in [0.3, 0.4) is 0 Å². The number of hydrogen-bond acceptors (Lipinski definition) is 4. The number of nitrogens with zero attached hydrogens (tertiary/aromatic N) is 2. The highest BCUT2D eigenvalue weighted by Gasteiger charge is 2.22. The summed E-state index contributed by atoms with van der Waals surface area (Å²) in [7, 11) is 0. The third kappa shape index (κ3) is 4.85. The van der Waals surface area contributed by atoms with Crippen LogP contribution in [0.15, 0.2) is 18.3 Å². The number of nitrogens with two attached hydrogens (primary N) is 1. The van der Waals surface area contributed by atoms with Crippen molar-refractivity contribution in [3.63, 3.8) is 0 Å². The minimum absolute atomic E-state index is 0.0533. The maximum Gasteiger partial charge on any atom is 0.272 e. The van der Waals surface area contributed by atoms with Gasteiger partial charge in [-0.2, -0.15) is 0 Å². The first-order valence-corrected chi connectivity index (χ1v) is 7.24. The summed E-state index contributed by atoms with van der Waals surface area (Å²) in [5.41, 5.74) is 6.41. The van der Waals surface area contributed by atoms with E-state index in [-0.39, 0.29) is 18.6 Å². The molecule has 0 aliphatic rings.